The van der Waals surface area contributed by atoms with Gasteiger partial charge in [0.2, 0.25) is 5.91 Å². The van der Waals surface area contributed by atoms with E-state index in [4.69, 9.17) is 9.72 Å². The van der Waals surface area contributed by atoms with E-state index in [9.17, 15) is 9.18 Å². The smallest absolute Gasteiger partial charge is 0.229 e. The molecule has 2 aromatic carbocycles. The van der Waals surface area contributed by atoms with Gasteiger partial charge in [-0.25, -0.2) is 9.37 Å². The van der Waals surface area contributed by atoms with Crippen LogP contribution in [0.25, 0.3) is 10.2 Å². The highest BCUT2D eigenvalue weighted by Crippen LogP contribution is 2.34. The van der Waals surface area contributed by atoms with Gasteiger partial charge in [-0.05, 0) is 54.7 Å². The number of thiazole rings is 1. The Hall–Kier alpha value is -1.96. The maximum absolute atomic E-state index is 13.2. The second kappa shape index (κ2) is 10.1. The molecular formula is C24H27FN2O2S2. The first-order valence-corrected chi connectivity index (χ1v) is 12.5. The van der Waals surface area contributed by atoms with Crippen LogP contribution in [0.4, 0.5) is 9.52 Å². The van der Waals surface area contributed by atoms with Crippen molar-refractivity contribution >= 4 is 44.4 Å². The van der Waals surface area contributed by atoms with E-state index in [1.54, 1.807) is 35.2 Å². The summed E-state index contributed by atoms with van der Waals surface area (Å²) in [4.78, 5) is 20.9. The van der Waals surface area contributed by atoms with Crippen LogP contribution in [0.2, 0.25) is 0 Å². The molecule has 1 aromatic heterocycles. The summed E-state index contributed by atoms with van der Waals surface area (Å²) in [5.41, 5.74) is 2.19. The van der Waals surface area contributed by atoms with E-state index in [1.807, 2.05) is 4.90 Å². The molecule has 1 aliphatic heterocycles. The number of thioether (sulfide) groups is 1. The van der Waals surface area contributed by atoms with Crippen LogP contribution in [0.3, 0.4) is 0 Å². The van der Waals surface area contributed by atoms with Crippen molar-refractivity contribution in [3.63, 3.8) is 0 Å². The van der Waals surface area contributed by atoms with Crippen molar-refractivity contribution in [1.82, 2.24) is 4.98 Å². The number of rotatable bonds is 8. The number of benzene rings is 2. The fraction of sp³-hybridized carbons (Fsp3) is 0.417. The second-order valence-corrected chi connectivity index (χ2v) is 10.2. The summed E-state index contributed by atoms with van der Waals surface area (Å²) in [6.45, 7) is 5.62. The summed E-state index contributed by atoms with van der Waals surface area (Å²) in [6.07, 6.45) is 2.45. The number of halogens is 1. The quantitative estimate of drug-likeness (QED) is 0.374. The van der Waals surface area contributed by atoms with E-state index < -0.39 is 0 Å². The molecule has 0 N–H and O–H groups in total. The van der Waals surface area contributed by atoms with E-state index in [0.717, 1.165) is 39.7 Å². The third-order valence-corrected chi connectivity index (χ3v) is 7.46. The van der Waals surface area contributed by atoms with Gasteiger partial charge in [0, 0.05) is 23.7 Å². The maximum atomic E-state index is 13.2. The van der Waals surface area contributed by atoms with E-state index in [1.165, 1.54) is 17.7 Å². The Kier molecular flexibility index (Phi) is 7.25. The van der Waals surface area contributed by atoms with Crippen molar-refractivity contribution in [2.24, 2.45) is 0 Å². The zero-order valence-corrected chi connectivity index (χ0v) is 19.5. The van der Waals surface area contributed by atoms with Crippen molar-refractivity contribution < 1.29 is 13.9 Å². The van der Waals surface area contributed by atoms with Crippen LogP contribution in [0.15, 0.2) is 47.4 Å². The Morgan fingerprint density at radius 1 is 1.29 bits per heavy atom. The van der Waals surface area contributed by atoms with Crippen molar-refractivity contribution in [3.8, 4) is 0 Å². The molecule has 1 unspecified atom stereocenters. The number of ether oxygens (including phenoxy) is 1. The number of nitrogens with zero attached hydrogens (tertiary/aromatic N) is 2. The van der Waals surface area contributed by atoms with Gasteiger partial charge in [-0.15, -0.1) is 11.8 Å². The van der Waals surface area contributed by atoms with Crippen LogP contribution in [0.1, 0.15) is 44.6 Å². The molecular weight excluding hydrogens is 431 g/mol. The summed E-state index contributed by atoms with van der Waals surface area (Å²) < 4.78 is 20.0. The van der Waals surface area contributed by atoms with Crippen LogP contribution in [-0.2, 0) is 9.53 Å². The number of carbonyl (C=O) groups excluding carboxylic acids is 1. The molecule has 1 aliphatic rings. The Labute approximate surface area is 190 Å². The number of hydrogen-bond donors (Lipinski definition) is 0. The van der Waals surface area contributed by atoms with Crippen molar-refractivity contribution in [2.75, 3.05) is 23.8 Å². The van der Waals surface area contributed by atoms with Gasteiger partial charge < -0.3 is 4.74 Å². The lowest BCUT2D eigenvalue weighted by Gasteiger charge is -2.23. The van der Waals surface area contributed by atoms with E-state index in [2.05, 4.69) is 32.0 Å². The predicted molar refractivity (Wildman–Crippen MR) is 127 cm³/mol. The van der Waals surface area contributed by atoms with Crippen molar-refractivity contribution in [1.29, 1.82) is 0 Å². The SMILES string of the molecule is CC(C)c1cccc2sc(N(CC3CCCO3)C(=O)CCSc3ccc(F)cc3)nc12. The van der Waals surface area contributed by atoms with Crippen molar-refractivity contribution in [3.05, 3.63) is 53.8 Å². The highest BCUT2D eigenvalue weighted by Gasteiger charge is 2.26. The highest BCUT2D eigenvalue weighted by molar-refractivity contribution is 7.99. The van der Waals surface area contributed by atoms with Gasteiger partial charge >= 0.3 is 0 Å². The number of hydrogen-bond acceptors (Lipinski definition) is 5. The molecule has 0 bridgehead atoms. The molecule has 4 rings (SSSR count). The van der Waals surface area contributed by atoms with Crippen LogP contribution in [0.5, 0.6) is 0 Å². The molecule has 0 saturated carbocycles. The van der Waals surface area contributed by atoms with Gasteiger partial charge in [-0.3, -0.25) is 9.69 Å². The summed E-state index contributed by atoms with van der Waals surface area (Å²) in [5.74, 6) is 0.803. The number of para-hydroxylation sites is 1. The van der Waals surface area contributed by atoms with Gasteiger partial charge in [0.25, 0.3) is 0 Å². The summed E-state index contributed by atoms with van der Waals surface area (Å²) >= 11 is 3.13. The molecule has 1 atom stereocenters. The Balaban J connectivity index is 1.52. The van der Waals surface area contributed by atoms with Crippen LogP contribution < -0.4 is 4.90 Å². The largest absolute Gasteiger partial charge is 0.376 e. The molecule has 0 spiro atoms. The van der Waals surface area contributed by atoms with Gasteiger partial charge in [-0.1, -0.05) is 37.3 Å². The van der Waals surface area contributed by atoms with Crippen LogP contribution in [-0.4, -0.2) is 35.9 Å². The fourth-order valence-electron chi connectivity index (χ4n) is 3.74. The normalized spacial score (nSPS) is 16.3. The highest BCUT2D eigenvalue weighted by atomic mass is 32.2. The third kappa shape index (κ3) is 5.45. The topological polar surface area (TPSA) is 42.4 Å². The van der Waals surface area contributed by atoms with Crippen LogP contribution in [0, 0.1) is 5.82 Å². The average Bonchev–Trinajstić information content (AvgIpc) is 3.42. The first-order valence-electron chi connectivity index (χ1n) is 10.7. The van der Waals surface area contributed by atoms with Crippen molar-refractivity contribution in [2.45, 2.75) is 50.0 Å². The molecule has 3 aromatic rings. The minimum absolute atomic E-state index is 0.0512. The molecule has 2 heterocycles. The Morgan fingerprint density at radius 2 is 2.10 bits per heavy atom. The lowest BCUT2D eigenvalue weighted by atomic mass is 10.0. The van der Waals surface area contributed by atoms with Gasteiger partial charge in [0.1, 0.15) is 5.82 Å². The first kappa shape index (κ1) is 22.2. The third-order valence-electron chi connectivity index (χ3n) is 5.40. The molecule has 7 heteroatoms. The first-order chi connectivity index (χ1) is 15.0. The average molecular weight is 459 g/mol. The number of anilines is 1. The van der Waals surface area contributed by atoms with Crippen LogP contribution >= 0.6 is 23.1 Å². The number of aromatic nitrogens is 1. The number of fused-ring (bicyclic) bond motifs is 1. The predicted octanol–water partition coefficient (Wildman–Crippen LogP) is 6.25. The molecule has 0 radical (unpaired) electrons. The second-order valence-electron chi connectivity index (χ2n) is 8.04. The summed E-state index contributed by atoms with van der Waals surface area (Å²) in [5, 5.41) is 0.746. The summed E-state index contributed by atoms with van der Waals surface area (Å²) in [6, 6.07) is 12.6. The molecule has 31 heavy (non-hydrogen) atoms. The number of carbonyl (C=O) groups is 1. The molecule has 4 nitrogen and oxygen atoms in total. The molecule has 1 fully saturated rings. The monoisotopic (exact) mass is 458 g/mol. The maximum Gasteiger partial charge on any atom is 0.229 e. The molecule has 1 amide bonds. The Morgan fingerprint density at radius 3 is 2.81 bits per heavy atom. The Bertz CT molecular complexity index is 1030. The fourth-order valence-corrected chi connectivity index (χ4v) is 5.61. The zero-order chi connectivity index (χ0) is 21.8. The lowest BCUT2D eigenvalue weighted by Crippen LogP contribution is -2.37. The zero-order valence-electron chi connectivity index (χ0n) is 17.8. The lowest BCUT2D eigenvalue weighted by molar-refractivity contribution is -0.118. The molecule has 1 saturated heterocycles. The van der Waals surface area contributed by atoms with E-state index in [-0.39, 0.29) is 17.8 Å². The standard InChI is InChI=1S/C24H27FN2O2S2/c1-16(2)20-6-3-7-21-23(20)26-24(31-21)27(15-18-5-4-13-29-18)22(28)12-14-30-19-10-8-17(25)9-11-19/h3,6-11,16,18H,4-5,12-15H2,1-2H3. The summed E-state index contributed by atoms with van der Waals surface area (Å²) in [7, 11) is 0. The van der Waals surface area contributed by atoms with Gasteiger partial charge in [0.15, 0.2) is 5.13 Å². The van der Waals surface area contributed by atoms with E-state index in [0.29, 0.717) is 24.6 Å². The van der Waals surface area contributed by atoms with E-state index >= 15 is 0 Å². The van der Waals surface area contributed by atoms with Gasteiger partial charge in [-0.2, -0.15) is 0 Å². The number of amides is 1. The molecule has 0 aliphatic carbocycles. The minimum atomic E-state index is -0.250. The van der Waals surface area contributed by atoms with Gasteiger partial charge in [0.05, 0.1) is 22.9 Å². The minimum Gasteiger partial charge on any atom is -0.376 e. The molecule has 164 valence electrons.